The second kappa shape index (κ2) is 7.65. The van der Waals surface area contributed by atoms with E-state index >= 15 is 0 Å². The minimum atomic E-state index is -0.288. The predicted octanol–water partition coefficient (Wildman–Crippen LogP) is 4.77. The molecule has 2 amide bonds. The van der Waals surface area contributed by atoms with Crippen molar-refractivity contribution in [2.24, 2.45) is 5.92 Å². The molecular formula is C27H28FN3O3. The summed E-state index contributed by atoms with van der Waals surface area (Å²) in [6, 6.07) is 10.0. The molecule has 34 heavy (non-hydrogen) atoms. The second-order valence-electron chi connectivity index (χ2n) is 10.4. The number of pyridine rings is 1. The van der Waals surface area contributed by atoms with E-state index in [9.17, 15) is 14.0 Å². The number of furan rings is 1. The first-order valence-electron chi connectivity index (χ1n) is 12.1. The smallest absolute Gasteiger partial charge is 0.289 e. The summed E-state index contributed by atoms with van der Waals surface area (Å²) in [6.07, 6.45) is 4.07. The average Bonchev–Trinajstić information content (AvgIpc) is 3.76. The van der Waals surface area contributed by atoms with Crippen molar-refractivity contribution in [1.29, 1.82) is 0 Å². The number of carbonyl (C=O) groups is 2. The molecule has 3 heterocycles. The number of halogens is 1. The second-order valence-corrected chi connectivity index (χ2v) is 10.4. The number of rotatable bonds is 4. The highest BCUT2D eigenvalue weighted by Crippen LogP contribution is 2.50. The first-order valence-corrected chi connectivity index (χ1v) is 12.1. The number of benzene rings is 1. The molecule has 3 aromatic rings. The van der Waals surface area contributed by atoms with Gasteiger partial charge in [-0.2, -0.15) is 0 Å². The molecule has 1 aliphatic heterocycles. The van der Waals surface area contributed by atoms with Gasteiger partial charge in [0.2, 0.25) is 5.91 Å². The van der Waals surface area contributed by atoms with E-state index < -0.39 is 0 Å². The maximum absolute atomic E-state index is 13.4. The standard InChI is InChI=1S/C27H28FN3O3/c1-16-15-30(11-12-31(16)25(32)18-3-4-18)26(33)23-14-22-24(34-23)20(27(2)9-10-27)13-21(29-22)17-5-7-19(28)8-6-17/h5-8,13-14,16,18H,3-4,9-12,15H2,1-2H3/t16-/m0/s1. The fraction of sp³-hybridized carbons (Fsp3) is 0.444. The summed E-state index contributed by atoms with van der Waals surface area (Å²) in [5.74, 6) is 0.229. The maximum Gasteiger partial charge on any atom is 0.289 e. The number of hydrogen-bond donors (Lipinski definition) is 0. The van der Waals surface area contributed by atoms with Crippen molar-refractivity contribution in [1.82, 2.24) is 14.8 Å². The topological polar surface area (TPSA) is 66.7 Å². The number of hydrogen-bond acceptors (Lipinski definition) is 4. The summed E-state index contributed by atoms with van der Waals surface area (Å²) in [5, 5.41) is 0. The molecule has 0 bridgehead atoms. The van der Waals surface area contributed by atoms with E-state index in [-0.39, 0.29) is 40.8 Å². The van der Waals surface area contributed by atoms with Crippen LogP contribution in [-0.4, -0.2) is 52.3 Å². The molecule has 176 valence electrons. The first kappa shape index (κ1) is 21.3. The third-order valence-corrected chi connectivity index (χ3v) is 7.60. The van der Waals surface area contributed by atoms with Crippen molar-refractivity contribution < 1.29 is 18.4 Å². The van der Waals surface area contributed by atoms with Crippen LogP contribution in [-0.2, 0) is 10.2 Å². The highest BCUT2D eigenvalue weighted by molar-refractivity contribution is 5.96. The van der Waals surface area contributed by atoms with Crippen LogP contribution in [0.1, 0.15) is 55.6 Å². The lowest BCUT2D eigenvalue weighted by Gasteiger charge is -2.39. The molecule has 3 fully saturated rings. The largest absolute Gasteiger partial charge is 0.449 e. The van der Waals surface area contributed by atoms with Gasteiger partial charge in [-0.1, -0.05) is 6.92 Å². The lowest BCUT2D eigenvalue weighted by Crippen LogP contribution is -2.55. The molecule has 0 radical (unpaired) electrons. The van der Waals surface area contributed by atoms with Crippen LogP contribution < -0.4 is 0 Å². The van der Waals surface area contributed by atoms with Crippen molar-refractivity contribution in [3.8, 4) is 11.3 Å². The summed E-state index contributed by atoms with van der Waals surface area (Å²) < 4.78 is 19.6. The third-order valence-electron chi connectivity index (χ3n) is 7.60. The van der Waals surface area contributed by atoms with Crippen molar-refractivity contribution in [2.45, 2.75) is 51.0 Å². The summed E-state index contributed by atoms with van der Waals surface area (Å²) in [7, 11) is 0. The Morgan fingerprint density at radius 3 is 2.50 bits per heavy atom. The number of piperazine rings is 1. The summed E-state index contributed by atoms with van der Waals surface area (Å²) in [6.45, 7) is 5.74. The molecule has 2 aliphatic carbocycles. The molecule has 1 atom stereocenters. The van der Waals surface area contributed by atoms with Gasteiger partial charge in [0.1, 0.15) is 11.3 Å². The van der Waals surface area contributed by atoms with Crippen LogP contribution >= 0.6 is 0 Å². The Morgan fingerprint density at radius 1 is 1.12 bits per heavy atom. The lowest BCUT2D eigenvalue weighted by atomic mass is 9.96. The fourth-order valence-electron chi connectivity index (χ4n) is 4.99. The minimum Gasteiger partial charge on any atom is -0.449 e. The molecule has 3 aliphatic rings. The fourth-order valence-corrected chi connectivity index (χ4v) is 4.99. The number of aromatic nitrogens is 1. The van der Waals surface area contributed by atoms with Gasteiger partial charge in [0.15, 0.2) is 11.3 Å². The molecule has 6 nitrogen and oxygen atoms in total. The van der Waals surface area contributed by atoms with Crippen LogP contribution in [0.2, 0.25) is 0 Å². The number of nitrogens with zero attached hydrogens (tertiary/aromatic N) is 3. The van der Waals surface area contributed by atoms with Gasteiger partial charge < -0.3 is 14.2 Å². The maximum atomic E-state index is 13.4. The van der Waals surface area contributed by atoms with Gasteiger partial charge in [-0.15, -0.1) is 0 Å². The van der Waals surface area contributed by atoms with Crippen molar-refractivity contribution in [3.05, 3.63) is 53.5 Å². The van der Waals surface area contributed by atoms with Crippen LogP contribution in [0.25, 0.3) is 22.4 Å². The molecule has 7 heteroatoms. The Balaban J connectivity index is 1.31. The van der Waals surface area contributed by atoms with Gasteiger partial charge in [-0.05, 0) is 68.4 Å². The lowest BCUT2D eigenvalue weighted by molar-refractivity contribution is -0.136. The van der Waals surface area contributed by atoms with Crippen LogP contribution in [0.3, 0.4) is 0 Å². The summed E-state index contributed by atoms with van der Waals surface area (Å²) >= 11 is 0. The molecule has 0 unspecified atom stereocenters. The van der Waals surface area contributed by atoms with Crippen LogP contribution in [0.5, 0.6) is 0 Å². The van der Waals surface area contributed by atoms with Crippen LogP contribution in [0.15, 0.2) is 40.8 Å². The van der Waals surface area contributed by atoms with E-state index in [1.165, 1.54) is 12.1 Å². The van der Waals surface area contributed by atoms with E-state index in [2.05, 4.69) is 6.92 Å². The molecule has 1 saturated heterocycles. The molecule has 1 aromatic carbocycles. The van der Waals surface area contributed by atoms with Gasteiger partial charge in [0.25, 0.3) is 5.91 Å². The quantitative estimate of drug-likeness (QED) is 0.562. The average molecular weight is 462 g/mol. The molecule has 2 saturated carbocycles. The SMILES string of the molecule is C[C@H]1CN(C(=O)c2cc3nc(-c4ccc(F)cc4)cc(C4(C)CC4)c3o2)CCN1C(=O)C1CC1. The van der Waals surface area contributed by atoms with Crippen LogP contribution in [0.4, 0.5) is 4.39 Å². The molecule has 0 N–H and O–H groups in total. The zero-order valence-electron chi connectivity index (χ0n) is 19.5. The van der Waals surface area contributed by atoms with Crippen LogP contribution in [0, 0.1) is 11.7 Å². The summed E-state index contributed by atoms with van der Waals surface area (Å²) in [5.41, 5.74) is 3.92. The molecule has 6 rings (SSSR count). The van der Waals surface area contributed by atoms with Crippen molar-refractivity contribution >= 4 is 22.9 Å². The Labute approximate surface area is 197 Å². The van der Waals surface area contributed by atoms with E-state index in [0.717, 1.165) is 42.5 Å². The van der Waals surface area contributed by atoms with E-state index in [4.69, 9.17) is 9.40 Å². The highest BCUT2D eigenvalue weighted by atomic mass is 19.1. The van der Waals surface area contributed by atoms with Crippen molar-refractivity contribution in [2.75, 3.05) is 19.6 Å². The number of carbonyl (C=O) groups excluding carboxylic acids is 2. The zero-order valence-corrected chi connectivity index (χ0v) is 19.5. The molecule has 2 aromatic heterocycles. The van der Waals surface area contributed by atoms with E-state index in [1.807, 2.05) is 17.9 Å². The number of amides is 2. The Kier molecular flexibility index (Phi) is 4.80. The van der Waals surface area contributed by atoms with E-state index in [0.29, 0.717) is 30.7 Å². The molecule has 0 spiro atoms. The Bertz CT molecular complexity index is 1290. The predicted molar refractivity (Wildman–Crippen MR) is 126 cm³/mol. The summed E-state index contributed by atoms with van der Waals surface area (Å²) in [4.78, 5) is 34.3. The molecular weight excluding hydrogens is 433 g/mol. The first-order chi connectivity index (χ1) is 16.3. The highest BCUT2D eigenvalue weighted by Gasteiger charge is 2.42. The minimum absolute atomic E-state index is 0.00253. The zero-order chi connectivity index (χ0) is 23.6. The van der Waals surface area contributed by atoms with Gasteiger partial charge in [0.05, 0.1) is 5.69 Å². The van der Waals surface area contributed by atoms with E-state index in [1.54, 1.807) is 23.1 Å². The third kappa shape index (κ3) is 3.67. The monoisotopic (exact) mass is 461 g/mol. The van der Waals surface area contributed by atoms with Gasteiger partial charge >= 0.3 is 0 Å². The van der Waals surface area contributed by atoms with Gasteiger partial charge in [0, 0.05) is 48.8 Å². The number of fused-ring (bicyclic) bond motifs is 1. The Morgan fingerprint density at radius 2 is 1.85 bits per heavy atom. The normalized spacial score (nSPS) is 21.7. The Hall–Kier alpha value is -3.22. The van der Waals surface area contributed by atoms with Gasteiger partial charge in [-0.3, -0.25) is 9.59 Å². The van der Waals surface area contributed by atoms with Gasteiger partial charge in [-0.25, -0.2) is 9.37 Å². The van der Waals surface area contributed by atoms with Crippen molar-refractivity contribution in [3.63, 3.8) is 0 Å².